The van der Waals surface area contributed by atoms with E-state index in [0.717, 1.165) is 0 Å². The van der Waals surface area contributed by atoms with Crippen LogP contribution in [0.3, 0.4) is 0 Å². The minimum absolute atomic E-state index is 0.00617. The first-order valence-corrected chi connectivity index (χ1v) is 3.62. The van der Waals surface area contributed by atoms with Crippen molar-refractivity contribution in [3.8, 4) is 0 Å². The Hall–Kier alpha value is -0.240. The van der Waals surface area contributed by atoms with Gasteiger partial charge in [-0.15, -0.1) is 11.6 Å². The molecule has 0 saturated heterocycles. The van der Waals surface area contributed by atoms with Crippen molar-refractivity contribution < 1.29 is 9.90 Å². The highest BCUT2D eigenvalue weighted by molar-refractivity contribution is 6.23. The molecule has 1 atom stereocenters. The number of halogens is 1. The standard InChI is InChI=1S/C7H13ClO2/c1-5(4-6(9)10)7(2,3)8/h5H,4H2,1-3H3,(H,9,10). The summed E-state index contributed by atoms with van der Waals surface area (Å²) in [7, 11) is 0. The van der Waals surface area contributed by atoms with E-state index in [-0.39, 0.29) is 12.3 Å². The average Bonchev–Trinajstić information content (AvgIpc) is 1.60. The van der Waals surface area contributed by atoms with Gasteiger partial charge in [0.2, 0.25) is 0 Å². The van der Waals surface area contributed by atoms with E-state index in [1.54, 1.807) is 0 Å². The normalized spacial score (nSPS) is 14.8. The Morgan fingerprint density at radius 2 is 2.10 bits per heavy atom. The molecule has 60 valence electrons. The second kappa shape index (κ2) is 3.24. The Bertz CT molecular complexity index is 126. The van der Waals surface area contributed by atoms with Crippen LogP contribution in [0.25, 0.3) is 0 Å². The van der Waals surface area contributed by atoms with Gasteiger partial charge in [-0.25, -0.2) is 0 Å². The molecule has 0 aliphatic heterocycles. The summed E-state index contributed by atoms with van der Waals surface area (Å²) in [5.41, 5.74) is 0. The van der Waals surface area contributed by atoms with E-state index in [9.17, 15) is 4.79 Å². The molecule has 0 aliphatic rings. The molecule has 0 saturated carbocycles. The summed E-state index contributed by atoms with van der Waals surface area (Å²) >= 11 is 5.86. The summed E-state index contributed by atoms with van der Waals surface area (Å²) < 4.78 is 0. The Kier molecular flexibility index (Phi) is 3.16. The number of rotatable bonds is 3. The molecule has 0 heterocycles. The van der Waals surface area contributed by atoms with Gasteiger partial charge in [-0.2, -0.15) is 0 Å². The highest BCUT2D eigenvalue weighted by Gasteiger charge is 2.24. The van der Waals surface area contributed by atoms with Crippen molar-refractivity contribution in [1.29, 1.82) is 0 Å². The second-order valence-electron chi connectivity index (χ2n) is 3.06. The van der Waals surface area contributed by atoms with Crippen LogP contribution in [-0.2, 0) is 4.79 Å². The van der Waals surface area contributed by atoms with Crippen molar-refractivity contribution in [2.24, 2.45) is 5.92 Å². The van der Waals surface area contributed by atoms with Gasteiger partial charge in [0.15, 0.2) is 0 Å². The summed E-state index contributed by atoms with van der Waals surface area (Å²) in [5.74, 6) is -0.784. The molecule has 0 fully saturated rings. The minimum Gasteiger partial charge on any atom is -0.481 e. The van der Waals surface area contributed by atoms with Gasteiger partial charge in [-0.1, -0.05) is 6.92 Å². The zero-order valence-electron chi connectivity index (χ0n) is 6.52. The first kappa shape index (κ1) is 9.76. The molecule has 0 aromatic rings. The number of alkyl halides is 1. The quantitative estimate of drug-likeness (QED) is 0.649. The van der Waals surface area contributed by atoms with E-state index >= 15 is 0 Å². The molecular weight excluding hydrogens is 152 g/mol. The van der Waals surface area contributed by atoms with Crippen LogP contribution in [0.4, 0.5) is 0 Å². The SMILES string of the molecule is CC(CC(=O)O)C(C)(C)Cl. The van der Waals surface area contributed by atoms with Gasteiger partial charge in [0.25, 0.3) is 0 Å². The van der Waals surface area contributed by atoms with Crippen LogP contribution in [0, 0.1) is 5.92 Å². The number of carboxylic acids is 1. The molecule has 10 heavy (non-hydrogen) atoms. The van der Waals surface area contributed by atoms with Gasteiger partial charge >= 0.3 is 5.97 Å². The Balaban J connectivity index is 3.85. The van der Waals surface area contributed by atoms with E-state index in [0.29, 0.717) is 0 Å². The fourth-order valence-corrected chi connectivity index (χ4v) is 0.582. The van der Waals surface area contributed by atoms with Crippen molar-refractivity contribution in [1.82, 2.24) is 0 Å². The van der Waals surface area contributed by atoms with Crippen LogP contribution in [0.1, 0.15) is 27.2 Å². The fraction of sp³-hybridized carbons (Fsp3) is 0.857. The molecule has 0 aromatic heterocycles. The van der Waals surface area contributed by atoms with Crippen LogP contribution in [-0.4, -0.2) is 16.0 Å². The van der Waals surface area contributed by atoms with Crippen molar-refractivity contribution in [3.63, 3.8) is 0 Å². The first-order chi connectivity index (χ1) is 4.34. The lowest BCUT2D eigenvalue weighted by atomic mass is 9.94. The summed E-state index contributed by atoms with van der Waals surface area (Å²) in [6.45, 7) is 5.48. The lowest BCUT2D eigenvalue weighted by molar-refractivity contribution is -0.138. The Morgan fingerprint density at radius 1 is 1.70 bits per heavy atom. The second-order valence-corrected chi connectivity index (χ2v) is 4.04. The molecule has 0 aromatic carbocycles. The molecule has 0 aliphatic carbocycles. The summed E-state index contributed by atoms with van der Waals surface area (Å²) in [6, 6.07) is 0. The number of carbonyl (C=O) groups is 1. The van der Waals surface area contributed by atoms with Gasteiger partial charge < -0.3 is 5.11 Å². The van der Waals surface area contributed by atoms with Crippen LogP contribution >= 0.6 is 11.6 Å². The number of carboxylic acid groups (broad SMARTS) is 1. The maximum atomic E-state index is 10.2. The maximum absolute atomic E-state index is 10.2. The van der Waals surface area contributed by atoms with Crippen LogP contribution in [0.5, 0.6) is 0 Å². The van der Waals surface area contributed by atoms with Gasteiger partial charge in [0.05, 0.1) is 0 Å². The fourth-order valence-electron chi connectivity index (χ4n) is 0.505. The maximum Gasteiger partial charge on any atom is 0.303 e. The van der Waals surface area contributed by atoms with Crippen molar-refractivity contribution >= 4 is 17.6 Å². The lowest BCUT2D eigenvalue weighted by Gasteiger charge is -2.22. The molecule has 1 N–H and O–H groups in total. The molecule has 3 heteroatoms. The highest BCUT2D eigenvalue weighted by atomic mass is 35.5. The van der Waals surface area contributed by atoms with Gasteiger partial charge in [0.1, 0.15) is 0 Å². The predicted molar refractivity (Wildman–Crippen MR) is 41.3 cm³/mol. The predicted octanol–water partition coefficient (Wildman–Crippen LogP) is 2.11. The Morgan fingerprint density at radius 3 is 2.20 bits per heavy atom. The monoisotopic (exact) mass is 164 g/mol. The molecular formula is C7H13ClO2. The van der Waals surface area contributed by atoms with Gasteiger partial charge in [-0.3, -0.25) is 4.79 Å². The summed E-state index contributed by atoms with van der Waals surface area (Å²) in [6.07, 6.45) is 0.135. The number of hydrogen-bond acceptors (Lipinski definition) is 1. The smallest absolute Gasteiger partial charge is 0.303 e. The minimum atomic E-state index is -0.791. The van der Waals surface area contributed by atoms with Crippen LogP contribution < -0.4 is 0 Å². The number of aliphatic carboxylic acids is 1. The molecule has 0 bridgehead atoms. The molecule has 0 radical (unpaired) electrons. The third kappa shape index (κ3) is 3.72. The van der Waals surface area contributed by atoms with Crippen LogP contribution in [0.2, 0.25) is 0 Å². The Labute approximate surface area is 66.2 Å². The molecule has 2 nitrogen and oxygen atoms in total. The average molecular weight is 165 g/mol. The molecule has 1 unspecified atom stereocenters. The van der Waals surface area contributed by atoms with E-state index in [1.165, 1.54) is 0 Å². The highest BCUT2D eigenvalue weighted by Crippen LogP contribution is 2.26. The van der Waals surface area contributed by atoms with Crippen molar-refractivity contribution in [2.45, 2.75) is 32.1 Å². The topological polar surface area (TPSA) is 37.3 Å². The first-order valence-electron chi connectivity index (χ1n) is 3.24. The molecule has 0 spiro atoms. The van der Waals surface area contributed by atoms with Crippen molar-refractivity contribution in [2.75, 3.05) is 0 Å². The van der Waals surface area contributed by atoms with Gasteiger partial charge in [0, 0.05) is 11.3 Å². The third-order valence-electron chi connectivity index (χ3n) is 1.65. The van der Waals surface area contributed by atoms with E-state index in [2.05, 4.69) is 0 Å². The summed E-state index contributed by atoms with van der Waals surface area (Å²) in [5, 5.41) is 8.39. The zero-order chi connectivity index (χ0) is 8.36. The van der Waals surface area contributed by atoms with E-state index in [1.807, 2.05) is 20.8 Å². The molecule has 0 rings (SSSR count). The lowest BCUT2D eigenvalue weighted by Crippen LogP contribution is -2.24. The van der Waals surface area contributed by atoms with Crippen LogP contribution in [0.15, 0.2) is 0 Å². The van der Waals surface area contributed by atoms with E-state index < -0.39 is 10.8 Å². The third-order valence-corrected chi connectivity index (χ3v) is 2.03. The van der Waals surface area contributed by atoms with E-state index in [4.69, 9.17) is 16.7 Å². The summed E-state index contributed by atoms with van der Waals surface area (Å²) in [4.78, 5) is 9.78. The van der Waals surface area contributed by atoms with Crippen molar-refractivity contribution in [3.05, 3.63) is 0 Å². The zero-order valence-corrected chi connectivity index (χ0v) is 7.27. The molecule has 0 amide bonds. The van der Waals surface area contributed by atoms with Gasteiger partial charge in [-0.05, 0) is 19.8 Å². The number of hydrogen-bond donors (Lipinski definition) is 1. The largest absolute Gasteiger partial charge is 0.481 e.